The molecule has 0 saturated heterocycles. The summed E-state index contributed by atoms with van der Waals surface area (Å²) in [4.78, 5) is 10.7. The zero-order valence-electron chi connectivity index (χ0n) is 9.05. The largest absolute Gasteiger partial charge is 0.368 e. The quantitative estimate of drug-likeness (QED) is 0.594. The summed E-state index contributed by atoms with van der Waals surface area (Å²) >= 11 is 0. The van der Waals surface area contributed by atoms with Crippen molar-refractivity contribution in [1.82, 2.24) is 5.32 Å². The smallest absolute Gasteiger partial charge is 0.235 e. The lowest BCUT2D eigenvalue weighted by Crippen LogP contribution is -2.46. The highest BCUT2D eigenvalue weighted by molar-refractivity contribution is 5.79. The molecule has 0 aromatic carbocycles. The predicted octanol–water partition coefficient (Wildman–Crippen LogP) is -0.0327. The molecule has 0 heterocycles. The number of rotatable bonds is 4. The van der Waals surface area contributed by atoms with E-state index in [4.69, 9.17) is 11.5 Å². The van der Waals surface area contributed by atoms with Gasteiger partial charge in [0.15, 0.2) is 0 Å². The van der Waals surface area contributed by atoms with Crippen molar-refractivity contribution in [2.24, 2.45) is 16.9 Å². The van der Waals surface area contributed by atoms with Gasteiger partial charge in [0.2, 0.25) is 5.91 Å². The summed E-state index contributed by atoms with van der Waals surface area (Å²) in [6.07, 6.45) is 3.55. The Morgan fingerprint density at radius 1 is 1.64 bits per heavy atom. The summed E-state index contributed by atoms with van der Waals surface area (Å²) in [7, 11) is 0. The molecule has 1 rings (SSSR count). The lowest BCUT2D eigenvalue weighted by atomic mass is 9.92. The van der Waals surface area contributed by atoms with Crippen LogP contribution in [0.15, 0.2) is 0 Å². The van der Waals surface area contributed by atoms with Crippen LogP contribution in [0.4, 0.5) is 0 Å². The van der Waals surface area contributed by atoms with E-state index in [0.29, 0.717) is 18.0 Å². The average molecular weight is 199 g/mol. The maximum Gasteiger partial charge on any atom is 0.235 e. The van der Waals surface area contributed by atoms with Crippen LogP contribution < -0.4 is 16.8 Å². The maximum absolute atomic E-state index is 10.7. The molecule has 82 valence electrons. The van der Waals surface area contributed by atoms with Crippen LogP contribution >= 0.6 is 0 Å². The van der Waals surface area contributed by atoms with E-state index in [1.165, 1.54) is 12.8 Å². The van der Waals surface area contributed by atoms with Gasteiger partial charge in [0.05, 0.1) is 6.04 Å². The van der Waals surface area contributed by atoms with E-state index < -0.39 is 11.9 Å². The molecule has 5 N–H and O–H groups in total. The molecule has 1 aliphatic rings. The van der Waals surface area contributed by atoms with Gasteiger partial charge in [-0.1, -0.05) is 13.8 Å². The highest BCUT2D eigenvalue weighted by Crippen LogP contribution is 2.36. The first kappa shape index (κ1) is 11.5. The molecule has 2 atom stereocenters. The number of carbonyl (C=O) groups excluding carboxylic acids is 1. The van der Waals surface area contributed by atoms with E-state index >= 15 is 0 Å². The highest BCUT2D eigenvalue weighted by Gasteiger charge is 2.30. The second-order valence-electron chi connectivity index (χ2n) is 5.02. The second-order valence-corrected chi connectivity index (χ2v) is 5.02. The maximum atomic E-state index is 10.7. The van der Waals surface area contributed by atoms with Crippen molar-refractivity contribution >= 4 is 5.91 Å². The summed E-state index contributed by atoms with van der Waals surface area (Å²) in [5, 5.41) is 3.29. The van der Waals surface area contributed by atoms with Crippen molar-refractivity contribution in [3.8, 4) is 0 Å². The lowest BCUT2D eigenvalue weighted by molar-refractivity contribution is -0.119. The minimum Gasteiger partial charge on any atom is -0.368 e. The Hall–Kier alpha value is -0.610. The molecule has 0 aromatic heterocycles. The number of carbonyl (C=O) groups is 1. The van der Waals surface area contributed by atoms with Crippen molar-refractivity contribution in [3.05, 3.63) is 0 Å². The highest BCUT2D eigenvalue weighted by atomic mass is 16.1. The molecule has 0 radical (unpaired) electrons. The summed E-state index contributed by atoms with van der Waals surface area (Å²) in [5.74, 6) is -0.435. The first-order chi connectivity index (χ1) is 6.41. The fourth-order valence-electron chi connectivity index (χ4n) is 2.00. The van der Waals surface area contributed by atoms with E-state index in [1.807, 2.05) is 0 Å². The molecule has 1 amide bonds. The van der Waals surface area contributed by atoms with Gasteiger partial charge in [-0.05, 0) is 24.7 Å². The third kappa shape index (κ3) is 3.27. The van der Waals surface area contributed by atoms with Crippen molar-refractivity contribution in [2.75, 3.05) is 6.54 Å². The molecule has 1 saturated carbocycles. The first-order valence-electron chi connectivity index (χ1n) is 5.19. The van der Waals surface area contributed by atoms with Crippen LogP contribution in [0.25, 0.3) is 0 Å². The molecular weight excluding hydrogens is 178 g/mol. The van der Waals surface area contributed by atoms with Crippen molar-refractivity contribution in [2.45, 2.75) is 45.2 Å². The van der Waals surface area contributed by atoms with Crippen molar-refractivity contribution < 1.29 is 4.79 Å². The molecule has 0 bridgehead atoms. The Balaban J connectivity index is 2.24. The zero-order valence-corrected chi connectivity index (χ0v) is 9.05. The fraction of sp³-hybridized carbons (Fsp3) is 0.900. The molecule has 0 aliphatic heterocycles. The Morgan fingerprint density at radius 3 is 2.71 bits per heavy atom. The molecule has 1 fully saturated rings. The predicted molar refractivity (Wildman–Crippen MR) is 56.6 cm³/mol. The van der Waals surface area contributed by atoms with Gasteiger partial charge in [-0.3, -0.25) is 4.79 Å². The molecule has 14 heavy (non-hydrogen) atoms. The minimum atomic E-state index is -0.557. The van der Waals surface area contributed by atoms with Crippen LogP contribution in [0.3, 0.4) is 0 Å². The van der Waals surface area contributed by atoms with E-state index in [-0.39, 0.29) is 0 Å². The van der Waals surface area contributed by atoms with Crippen LogP contribution in [0, 0.1) is 5.41 Å². The van der Waals surface area contributed by atoms with Gasteiger partial charge in [-0.15, -0.1) is 0 Å². The zero-order chi connectivity index (χ0) is 10.8. The summed E-state index contributed by atoms with van der Waals surface area (Å²) in [6.45, 7) is 5.03. The van der Waals surface area contributed by atoms with E-state index in [0.717, 1.165) is 6.42 Å². The van der Waals surface area contributed by atoms with Gasteiger partial charge in [0.25, 0.3) is 0 Å². The van der Waals surface area contributed by atoms with Crippen LogP contribution in [0.1, 0.15) is 33.1 Å². The van der Waals surface area contributed by atoms with E-state index in [2.05, 4.69) is 19.2 Å². The van der Waals surface area contributed by atoms with Crippen LogP contribution in [-0.4, -0.2) is 24.5 Å². The third-order valence-corrected chi connectivity index (χ3v) is 2.96. The molecule has 1 aliphatic carbocycles. The van der Waals surface area contributed by atoms with Gasteiger partial charge >= 0.3 is 0 Å². The molecule has 2 unspecified atom stereocenters. The van der Waals surface area contributed by atoms with Crippen LogP contribution in [0.2, 0.25) is 0 Å². The van der Waals surface area contributed by atoms with E-state index in [1.54, 1.807) is 0 Å². The topological polar surface area (TPSA) is 81.1 Å². The van der Waals surface area contributed by atoms with Gasteiger partial charge < -0.3 is 16.8 Å². The molecule has 4 nitrogen and oxygen atoms in total. The fourth-order valence-corrected chi connectivity index (χ4v) is 2.00. The lowest BCUT2D eigenvalue weighted by Gasteiger charge is -2.18. The van der Waals surface area contributed by atoms with E-state index in [9.17, 15) is 4.79 Å². The SMILES string of the molecule is CC1(C)CCC(NCC(N)C(N)=O)C1. The molecular formula is C10H21N3O. The third-order valence-electron chi connectivity index (χ3n) is 2.96. The molecule has 0 spiro atoms. The number of nitrogens with two attached hydrogens (primary N) is 2. The monoisotopic (exact) mass is 199 g/mol. The average Bonchev–Trinajstić information content (AvgIpc) is 2.41. The summed E-state index contributed by atoms with van der Waals surface area (Å²) in [5.41, 5.74) is 11.0. The second kappa shape index (κ2) is 4.28. The Labute approximate surface area is 85.4 Å². The van der Waals surface area contributed by atoms with Crippen molar-refractivity contribution in [3.63, 3.8) is 0 Å². The normalized spacial score (nSPS) is 27.5. The Kier molecular flexibility index (Phi) is 3.50. The number of hydrogen-bond donors (Lipinski definition) is 3. The summed E-state index contributed by atoms with van der Waals surface area (Å²) < 4.78 is 0. The van der Waals surface area contributed by atoms with Gasteiger partial charge in [0, 0.05) is 12.6 Å². The van der Waals surface area contributed by atoms with Gasteiger partial charge in [-0.2, -0.15) is 0 Å². The Morgan fingerprint density at radius 2 is 2.29 bits per heavy atom. The van der Waals surface area contributed by atoms with Gasteiger partial charge in [0.1, 0.15) is 0 Å². The van der Waals surface area contributed by atoms with Crippen molar-refractivity contribution in [1.29, 1.82) is 0 Å². The Bertz CT molecular complexity index is 215. The minimum absolute atomic E-state index is 0.425. The number of hydrogen-bond acceptors (Lipinski definition) is 3. The van der Waals surface area contributed by atoms with Crippen LogP contribution in [-0.2, 0) is 4.79 Å². The molecule has 0 aromatic rings. The van der Waals surface area contributed by atoms with Crippen LogP contribution in [0.5, 0.6) is 0 Å². The number of amides is 1. The summed E-state index contributed by atoms with van der Waals surface area (Å²) in [6, 6.07) is -0.0610. The van der Waals surface area contributed by atoms with Gasteiger partial charge in [-0.25, -0.2) is 0 Å². The standard InChI is InChI=1S/C10H21N3O/c1-10(2)4-3-7(5-10)13-6-8(11)9(12)14/h7-8,13H,3-6,11H2,1-2H3,(H2,12,14). The number of primary amides is 1. The first-order valence-corrected chi connectivity index (χ1v) is 5.19. The molecule has 4 heteroatoms. The number of nitrogens with one attached hydrogen (secondary N) is 1.